The fourth-order valence-electron chi connectivity index (χ4n) is 0.905. The topological polar surface area (TPSA) is 101 Å². The molecule has 0 radical (unpaired) electrons. The first kappa shape index (κ1) is 8.35. The summed E-state index contributed by atoms with van der Waals surface area (Å²) < 4.78 is 1.30. The van der Waals surface area contributed by atoms with Crippen LogP contribution in [0.2, 0.25) is 0 Å². The van der Waals surface area contributed by atoms with Crippen LogP contribution >= 0.6 is 0 Å². The van der Waals surface area contributed by atoms with Crippen LogP contribution in [0.5, 0.6) is 0 Å². The molecule has 0 aromatic carbocycles. The first-order valence-electron chi connectivity index (χ1n) is 3.80. The molecule has 8 heteroatoms. The Kier molecular flexibility index (Phi) is 1.94. The van der Waals surface area contributed by atoms with E-state index in [0.29, 0.717) is 5.95 Å². The minimum Gasteiger partial charge on any atom is -0.359 e. The van der Waals surface area contributed by atoms with Crippen LogP contribution in [0.1, 0.15) is 0 Å². The molecule has 0 bridgehead atoms. The highest BCUT2D eigenvalue weighted by atomic mass is 16.1. The molecule has 0 aliphatic carbocycles. The Morgan fingerprint density at radius 1 is 1.50 bits per heavy atom. The van der Waals surface area contributed by atoms with E-state index in [1.807, 2.05) is 0 Å². The highest BCUT2D eigenvalue weighted by Crippen LogP contribution is 1.96. The molecule has 2 N–H and O–H groups in total. The summed E-state index contributed by atoms with van der Waals surface area (Å²) in [4.78, 5) is 24.8. The molecule has 0 atom stereocenters. The van der Waals surface area contributed by atoms with E-state index in [-0.39, 0.29) is 5.95 Å². The predicted molar refractivity (Wildman–Crippen MR) is 47.1 cm³/mol. The van der Waals surface area contributed by atoms with Crippen molar-refractivity contribution in [3.05, 3.63) is 23.1 Å². The molecule has 2 aromatic heterocycles. The van der Waals surface area contributed by atoms with Gasteiger partial charge in [-0.2, -0.15) is 19.7 Å². The van der Waals surface area contributed by atoms with Gasteiger partial charge in [-0.3, -0.25) is 4.98 Å². The van der Waals surface area contributed by atoms with Crippen molar-refractivity contribution >= 4 is 5.95 Å². The third-order valence-corrected chi connectivity index (χ3v) is 1.50. The Labute approximate surface area is 78.1 Å². The van der Waals surface area contributed by atoms with Gasteiger partial charge in [0, 0.05) is 7.05 Å². The molecule has 0 aliphatic rings. The van der Waals surface area contributed by atoms with Crippen molar-refractivity contribution in [1.29, 1.82) is 0 Å². The summed E-state index contributed by atoms with van der Waals surface area (Å²) in [5.74, 6) is 0.506. The number of anilines is 1. The van der Waals surface area contributed by atoms with Crippen LogP contribution in [0.3, 0.4) is 0 Å². The zero-order valence-corrected chi connectivity index (χ0v) is 7.30. The second kappa shape index (κ2) is 3.24. The molecule has 0 aliphatic heterocycles. The lowest BCUT2D eigenvalue weighted by molar-refractivity contribution is 0.783. The largest absolute Gasteiger partial charge is 0.359 e. The Balaban J connectivity index is 2.54. The fourth-order valence-corrected chi connectivity index (χ4v) is 0.905. The molecule has 0 unspecified atom stereocenters. The van der Waals surface area contributed by atoms with Crippen molar-refractivity contribution in [3.63, 3.8) is 0 Å². The third-order valence-electron chi connectivity index (χ3n) is 1.50. The summed E-state index contributed by atoms with van der Waals surface area (Å²) in [7, 11) is 1.64. The van der Waals surface area contributed by atoms with E-state index in [2.05, 4.69) is 30.4 Å². The lowest BCUT2D eigenvalue weighted by Crippen LogP contribution is -2.18. The molecule has 14 heavy (non-hydrogen) atoms. The molecule has 2 rings (SSSR count). The summed E-state index contributed by atoms with van der Waals surface area (Å²) in [6, 6.07) is 0. The monoisotopic (exact) mass is 193 g/mol. The second-order valence-electron chi connectivity index (χ2n) is 2.39. The van der Waals surface area contributed by atoms with Crippen LogP contribution in [-0.2, 0) is 0 Å². The first-order chi connectivity index (χ1) is 6.79. The summed E-state index contributed by atoms with van der Waals surface area (Å²) >= 11 is 0. The van der Waals surface area contributed by atoms with Crippen LogP contribution in [0, 0.1) is 0 Å². The number of rotatable bonds is 2. The summed E-state index contributed by atoms with van der Waals surface area (Å²) in [5.41, 5.74) is -0.491. The number of hydrogen-bond acceptors (Lipinski definition) is 6. The molecule has 72 valence electrons. The lowest BCUT2D eigenvalue weighted by atomic mass is 10.8. The van der Waals surface area contributed by atoms with E-state index in [0.717, 1.165) is 0 Å². The van der Waals surface area contributed by atoms with Crippen LogP contribution in [0.4, 0.5) is 5.95 Å². The van der Waals surface area contributed by atoms with Crippen molar-refractivity contribution in [2.45, 2.75) is 0 Å². The van der Waals surface area contributed by atoms with Crippen LogP contribution in [0.25, 0.3) is 5.95 Å². The van der Waals surface area contributed by atoms with E-state index in [4.69, 9.17) is 0 Å². The summed E-state index contributed by atoms with van der Waals surface area (Å²) in [6.45, 7) is 0. The first-order valence-corrected chi connectivity index (χ1v) is 3.80. The predicted octanol–water partition coefficient (Wildman–Crippen LogP) is -1.21. The molecule has 0 amide bonds. The van der Waals surface area contributed by atoms with E-state index < -0.39 is 5.69 Å². The number of aromatic nitrogens is 6. The van der Waals surface area contributed by atoms with Gasteiger partial charge in [-0.15, -0.1) is 0 Å². The second-order valence-corrected chi connectivity index (χ2v) is 2.39. The number of nitrogens with zero attached hydrogens (tertiary/aromatic N) is 5. The highest BCUT2D eigenvalue weighted by molar-refractivity contribution is 5.24. The van der Waals surface area contributed by atoms with Gasteiger partial charge in [-0.05, 0) is 0 Å². The van der Waals surface area contributed by atoms with Gasteiger partial charge in [-0.1, -0.05) is 0 Å². The highest BCUT2D eigenvalue weighted by Gasteiger charge is 2.03. The molecule has 0 saturated carbocycles. The summed E-state index contributed by atoms with van der Waals surface area (Å²) in [5, 5.41) is 6.50. The fraction of sp³-hybridized carbons (Fsp3) is 0.167. The molecular weight excluding hydrogens is 186 g/mol. The van der Waals surface area contributed by atoms with Gasteiger partial charge in [0.05, 0.1) is 0 Å². The summed E-state index contributed by atoms with van der Waals surface area (Å²) in [6.07, 6.45) is 2.75. The van der Waals surface area contributed by atoms with Crippen LogP contribution < -0.4 is 11.0 Å². The van der Waals surface area contributed by atoms with Gasteiger partial charge in [0.25, 0.3) is 5.95 Å². The average Bonchev–Trinajstić information content (AvgIpc) is 2.69. The van der Waals surface area contributed by atoms with Crippen LogP contribution in [0.15, 0.2) is 17.4 Å². The Morgan fingerprint density at radius 3 is 3.00 bits per heavy atom. The maximum Gasteiger partial charge on any atom is 0.351 e. The normalized spacial score (nSPS) is 10.1. The number of H-pyrrole nitrogens is 1. The Morgan fingerprint density at radius 2 is 2.36 bits per heavy atom. The third kappa shape index (κ3) is 1.44. The molecule has 8 nitrogen and oxygen atoms in total. The molecular formula is C6H7N7O. The maximum absolute atomic E-state index is 11.1. The molecule has 0 saturated heterocycles. The zero-order valence-electron chi connectivity index (χ0n) is 7.30. The van der Waals surface area contributed by atoms with Gasteiger partial charge in [0.1, 0.15) is 12.7 Å². The lowest BCUT2D eigenvalue weighted by Gasteiger charge is -2.00. The Bertz CT molecular complexity index is 473. The van der Waals surface area contributed by atoms with E-state index in [1.54, 1.807) is 7.05 Å². The minimum absolute atomic E-state index is 0.176. The van der Waals surface area contributed by atoms with Gasteiger partial charge < -0.3 is 5.32 Å². The van der Waals surface area contributed by atoms with Gasteiger partial charge >= 0.3 is 5.69 Å². The van der Waals surface area contributed by atoms with Gasteiger partial charge in [0.2, 0.25) is 5.95 Å². The maximum atomic E-state index is 11.1. The standard InChI is InChI=1S/C6H7N7O/c1-7-4-10-5(12-6(14)11-4)13-3-8-2-9-13/h2-3H,1H3,(H2,7,10,11,12,14). The zero-order chi connectivity index (χ0) is 9.97. The van der Waals surface area contributed by atoms with E-state index >= 15 is 0 Å². The van der Waals surface area contributed by atoms with Crippen molar-refractivity contribution in [1.82, 2.24) is 29.7 Å². The molecule has 2 aromatic rings. The van der Waals surface area contributed by atoms with Crippen molar-refractivity contribution in [2.24, 2.45) is 0 Å². The number of hydrogen-bond donors (Lipinski definition) is 2. The molecule has 2 heterocycles. The number of aromatic amines is 1. The van der Waals surface area contributed by atoms with Crippen molar-refractivity contribution in [2.75, 3.05) is 12.4 Å². The quantitative estimate of drug-likeness (QED) is 0.620. The van der Waals surface area contributed by atoms with Crippen molar-refractivity contribution in [3.8, 4) is 5.95 Å². The Hall–Kier alpha value is -2.25. The SMILES string of the molecule is CNc1nc(-n2cncn2)nc(=O)[nH]1. The van der Waals surface area contributed by atoms with Gasteiger partial charge in [0.15, 0.2) is 0 Å². The molecule has 0 spiro atoms. The smallest absolute Gasteiger partial charge is 0.351 e. The van der Waals surface area contributed by atoms with Crippen molar-refractivity contribution < 1.29 is 0 Å². The van der Waals surface area contributed by atoms with E-state index in [1.165, 1.54) is 17.3 Å². The van der Waals surface area contributed by atoms with E-state index in [9.17, 15) is 4.79 Å². The molecule has 0 fully saturated rings. The minimum atomic E-state index is -0.491. The number of nitrogens with one attached hydrogen (secondary N) is 2. The van der Waals surface area contributed by atoms with Gasteiger partial charge in [-0.25, -0.2) is 9.78 Å². The van der Waals surface area contributed by atoms with Crippen LogP contribution in [-0.4, -0.2) is 36.8 Å². The average molecular weight is 193 g/mol.